The first-order valence-corrected chi connectivity index (χ1v) is 12.1. The van der Waals surface area contributed by atoms with Crippen molar-refractivity contribution in [1.82, 2.24) is 14.9 Å². The summed E-state index contributed by atoms with van der Waals surface area (Å²) in [7, 11) is 0. The zero-order valence-electron chi connectivity index (χ0n) is 17.6. The molecule has 2 aromatic heterocycles. The molecule has 0 aliphatic carbocycles. The van der Waals surface area contributed by atoms with Gasteiger partial charge in [0.05, 0.1) is 39.2 Å². The van der Waals surface area contributed by atoms with Gasteiger partial charge in [-0.25, -0.2) is 9.97 Å². The Hall–Kier alpha value is -2.39. The Morgan fingerprint density at radius 2 is 1.97 bits per heavy atom. The molecule has 6 nitrogen and oxygen atoms in total. The number of carbonyl (C=O) groups excluding carboxylic acids is 1. The number of thiazole rings is 2. The van der Waals surface area contributed by atoms with Gasteiger partial charge in [0, 0.05) is 31.7 Å². The maximum atomic E-state index is 13.7. The molecule has 1 aliphatic rings. The standard InChI is InChI=1S/C23H24N4O2S2/c1-15-3-4-16(2)21-20(15)25-23(31-21)27(8-7-26-9-11-29-12-10-26)22(28)17-5-6-18-19(13-17)30-14-24-18/h3-6,13-14H,7-12H2,1-2H3. The second kappa shape index (κ2) is 8.63. The van der Waals surface area contributed by atoms with Crippen molar-refractivity contribution in [1.29, 1.82) is 0 Å². The highest BCUT2D eigenvalue weighted by molar-refractivity contribution is 7.22. The average Bonchev–Trinajstić information content (AvgIpc) is 3.44. The van der Waals surface area contributed by atoms with Gasteiger partial charge in [-0.2, -0.15) is 0 Å². The van der Waals surface area contributed by atoms with Crippen LogP contribution in [0.3, 0.4) is 0 Å². The first-order valence-electron chi connectivity index (χ1n) is 10.4. The Labute approximate surface area is 189 Å². The van der Waals surface area contributed by atoms with Crippen molar-refractivity contribution in [3.8, 4) is 0 Å². The molecule has 2 aromatic carbocycles. The number of amides is 1. The van der Waals surface area contributed by atoms with Crippen molar-refractivity contribution < 1.29 is 9.53 Å². The predicted octanol–water partition coefficient (Wildman–Crippen LogP) is 4.50. The Kier molecular flexibility index (Phi) is 5.71. The number of aromatic nitrogens is 2. The van der Waals surface area contributed by atoms with E-state index in [4.69, 9.17) is 9.72 Å². The largest absolute Gasteiger partial charge is 0.379 e. The molecule has 5 rings (SSSR count). The highest BCUT2D eigenvalue weighted by atomic mass is 32.1. The predicted molar refractivity (Wildman–Crippen MR) is 128 cm³/mol. The lowest BCUT2D eigenvalue weighted by molar-refractivity contribution is 0.0391. The van der Waals surface area contributed by atoms with E-state index in [0.29, 0.717) is 12.1 Å². The minimum absolute atomic E-state index is 0.0158. The Morgan fingerprint density at radius 3 is 2.77 bits per heavy atom. The number of benzene rings is 2. The highest BCUT2D eigenvalue weighted by Crippen LogP contribution is 2.34. The van der Waals surface area contributed by atoms with Crippen LogP contribution in [0.4, 0.5) is 5.13 Å². The van der Waals surface area contributed by atoms with Gasteiger partial charge in [-0.3, -0.25) is 14.6 Å². The maximum Gasteiger partial charge on any atom is 0.260 e. The summed E-state index contributed by atoms with van der Waals surface area (Å²) in [6.45, 7) is 8.85. The summed E-state index contributed by atoms with van der Waals surface area (Å²) in [4.78, 5) is 27.1. The van der Waals surface area contributed by atoms with Gasteiger partial charge in [-0.1, -0.05) is 23.5 Å². The molecule has 4 aromatic rings. The topological polar surface area (TPSA) is 58.6 Å². The number of carbonyl (C=O) groups is 1. The van der Waals surface area contributed by atoms with Crippen molar-refractivity contribution >= 4 is 54.1 Å². The van der Waals surface area contributed by atoms with Gasteiger partial charge in [0.2, 0.25) is 0 Å². The van der Waals surface area contributed by atoms with Crippen LogP contribution in [-0.2, 0) is 4.74 Å². The minimum atomic E-state index is -0.0158. The van der Waals surface area contributed by atoms with Gasteiger partial charge in [0.1, 0.15) is 0 Å². The lowest BCUT2D eigenvalue weighted by Gasteiger charge is -2.29. The van der Waals surface area contributed by atoms with Crippen molar-refractivity contribution in [3.63, 3.8) is 0 Å². The fraction of sp³-hybridized carbons (Fsp3) is 0.348. The molecule has 0 saturated carbocycles. The summed E-state index contributed by atoms with van der Waals surface area (Å²) >= 11 is 3.16. The van der Waals surface area contributed by atoms with Gasteiger partial charge in [-0.05, 0) is 43.2 Å². The van der Waals surface area contributed by atoms with Crippen LogP contribution < -0.4 is 4.90 Å². The lowest BCUT2D eigenvalue weighted by atomic mass is 10.1. The third kappa shape index (κ3) is 4.08. The van der Waals surface area contributed by atoms with Crippen LogP contribution in [0.15, 0.2) is 35.8 Å². The van der Waals surface area contributed by atoms with Crippen LogP contribution in [0.1, 0.15) is 21.5 Å². The fourth-order valence-electron chi connectivity index (χ4n) is 3.86. The number of anilines is 1. The molecule has 1 amide bonds. The van der Waals surface area contributed by atoms with Gasteiger partial charge >= 0.3 is 0 Å². The van der Waals surface area contributed by atoms with Gasteiger partial charge < -0.3 is 4.74 Å². The number of rotatable bonds is 5. The van der Waals surface area contributed by atoms with Crippen LogP contribution in [0.25, 0.3) is 20.4 Å². The monoisotopic (exact) mass is 452 g/mol. The molecule has 1 aliphatic heterocycles. The number of fused-ring (bicyclic) bond motifs is 2. The molecule has 0 unspecified atom stereocenters. The molecule has 1 fully saturated rings. The van der Waals surface area contributed by atoms with E-state index < -0.39 is 0 Å². The molecule has 3 heterocycles. The lowest BCUT2D eigenvalue weighted by Crippen LogP contribution is -2.43. The van der Waals surface area contributed by atoms with E-state index in [1.165, 1.54) is 5.56 Å². The van der Waals surface area contributed by atoms with Gasteiger partial charge in [0.15, 0.2) is 5.13 Å². The number of hydrogen-bond donors (Lipinski definition) is 0. The van der Waals surface area contributed by atoms with Crippen LogP contribution in [-0.4, -0.2) is 60.2 Å². The first-order chi connectivity index (χ1) is 15.1. The number of ether oxygens (including phenoxy) is 1. The SMILES string of the molecule is Cc1ccc(C)c2sc(N(CCN3CCOCC3)C(=O)c3ccc4ncsc4c3)nc12. The van der Waals surface area contributed by atoms with E-state index in [0.717, 1.165) is 64.0 Å². The van der Waals surface area contributed by atoms with E-state index in [9.17, 15) is 4.79 Å². The highest BCUT2D eigenvalue weighted by Gasteiger charge is 2.24. The smallest absolute Gasteiger partial charge is 0.260 e. The molecule has 0 N–H and O–H groups in total. The molecule has 0 spiro atoms. The van der Waals surface area contributed by atoms with E-state index in [-0.39, 0.29) is 5.91 Å². The molecule has 0 radical (unpaired) electrons. The van der Waals surface area contributed by atoms with Crippen molar-refractivity contribution in [2.75, 3.05) is 44.3 Å². The third-order valence-corrected chi connectivity index (χ3v) is 7.73. The quantitative estimate of drug-likeness (QED) is 0.446. The van der Waals surface area contributed by atoms with Crippen LogP contribution in [0, 0.1) is 13.8 Å². The zero-order valence-corrected chi connectivity index (χ0v) is 19.3. The van der Waals surface area contributed by atoms with E-state index in [2.05, 4.69) is 35.9 Å². The Morgan fingerprint density at radius 1 is 1.16 bits per heavy atom. The molecule has 31 heavy (non-hydrogen) atoms. The van der Waals surface area contributed by atoms with Gasteiger partial charge in [-0.15, -0.1) is 11.3 Å². The molecular formula is C23H24N4O2S2. The van der Waals surface area contributed by atoms with Crippen LogP contribution in [0.2, 0.25) is 0 Å². The summed E-state index contributed by atoms with van der Waals surface area (Å²) in [5.74, 6) is -0.0158. The van der Waals surface area contributed by atoms with Crippen LogP contribution in [0.5, 0.6) is 0 Å². The van der Waals surface area contributed by atoms with E-state index in [1.54, 1.807) is 22.7 Å². The fourth-order valence-corrected chi connectivity index (χ4v) is 5.71. The Bertz CT molecular complexity index is 1200. The Balaban J connectivity index is 1.51. The van der Waals surface area contributed by atoms with Gasteiger partial charge in [0.25, 0.3) is 5.91 Å². The molecule has 160 valence electrons. The number of aryl methyl sites for hydroxylation is 2. The molecular weight excluding hydrogens is 428 g/mol. The normalized spacial score (nSPS) is 15.0. The van der Waals surface area contributed by atoms with Crippen molar-refractivity contribution in [3.05, 3.63) is 52.5 Å². The number of nitrogens with zero attached hydrogens (tertiary/aromatic N) is 4. The summed E-state index contributed by atoms with van der Waals surface area (Å²) in [6, 6.07) is 9.96. The van der Waals surface area contributed by atoms with E-state index >= 15 is 0 Å². The summed E-state index contributed by atoms with van der Waals surface area (Å²) in [6.07, 6.45) is 0. The summed E-state index contributed by atoms with van der Waals surface area (Å²) < 4.78 is 7.64. The third-order valence-electron chi connectivity index (χ3n) is 5.73. The molecule has 0 bridgehead atoms. The number of morpholine rings is 1. The number of hydrogen-bond acceptors (Lipinski definition) is 7. The molecule has 1 saturated heterocycles. The van der Waals surface area contributed by atoms with Crippen LogP contribution >= 0.6 is 22.7 Å². The first kappa shape index (κ1) is 20.5. The summed E-state index contributed by atoms with van der Waals surface area (Å²) in [5, 5.41) is 0.759. The van der Waals surface area contributed by atoms with Crippen molar-refractivity contribution in [2.24, 2.45) is 0 Å². The average molecular weight is 453 g/mol. The van der Waals surface area contributed by atoms with E-state index in [1.807, 2.05) is 28.6 Å². The second-order valence-electron chi connectivity index (χ2n) is 7.82. The molecule has 8 heteroatoms. The second-order valence-corrected chi connectivity index (χ2v) is 9.68. The van der Waals surface area contributed by atoms with Crippen molar-refractivity contribution in [2.45, 2.75) is 13.8 Å². The zero-order chi connectivity index (χ0) is 21.4. The molecule has 0 atom stereocenters. The summed E-state index contributed by atoms with van der Waals surface area (Å²) in [5.41, 5.74) is 6.72. The minimum Gasteiger partial charge on any atom is -0.379 e. The maximum absolute atomic E-state index is 13.7.